The van der Waals surface area contributed by atoms with Crippen molar-refractivity contribution in [1.82, 2.24) is 4.90 Å². The molecule has 4 nitrogen and oxygen atoms in total. The Hall–Kier alpha value is -3.68. The fourth-order valence-corrected chi connectivity index (χ4v) is 4.36. The van der Waals surface area contributed by atoms with Gasteiger partial charge < -0.3 is 4.90 Å². The molecule has 1 amide bonds. The Kier molecular flexibility index (Phi) is 7.34. The first-order valence-electron chi connectivity index (χ1n) is 11.5. The molecular weight excluding hydrogens is 406 g/mol. The number of likely N-dealkylation sites (tertiary alicyclic amines) is 1. The second-order valence-corrected chi connectivity index (χ2v) is 8.61. The molecule has 0 atom stereocenters. The third kappa shape index (κ3) is 5.97. The van der Waals surface area contributed by atoms with Crippen LogP contribution in [-0.2, 0) is 11.3 Å². The number of benzene rings is 3. The Morgan fingerprint density at radius 2 is 1.76 bits per heavy atom. The van der Waals surface area contributed by atoms with Gasteiger partial charge in [0, 0.05) is 37.4 Å². The molecular formula is C29H29N3O. The summed E-state index contributed by atoms with van der Waals surface area (Å²) in [6, 6.07) is 28.3. The summed E-state index contributed by atoms with van der Waals surface area (Å²) < 4.78 is 0. The topological polar surface area (TPSA) is 47.3 Å². The van der Waals surface area contributed by atoms with Gasteiger partial charge in [-0.25, -0.2) is 0 Å². The van der Waals surface area contributed by atoms with Crippen molar-refractivity contribution in [1.29, 1.82) is 5.26 Å². The maximum Gasteiger partial charge on any atom is 0.251 e. The smallest absolute Gasteiger partial charge is 0.251 e. The number of nitrogens with zero attached hydrogens (tertiary/aromatic N) is 3. The summed E-state index contributed by atoms with van der Waals surface area (Å²) in [6.07, 6.45) is 5.30. The van der Waals surface area contributed by atoms with Crippen LogP contribution in [0.2, 0.25) is 0 Å². The number of amides is 1. The summed E-state index contributed by atoms with van der Waals surface area (Å²) in [5.41, 5.74) is 4.87. The number of hydrogen-bond acceptors (Lipinski definition) is 3. The predicted molar refractivity (Wildman–Crippen MR) is 134 cm³/mol. The van der Waals surface area contributed by atoms with Gasteiger partial charge in [-0.2, -0.15) is 5.26 Å². The van der Waals surface area contributed by atoms with E-state index in [0.717, 1.165) is 43.7 Å². The number of aryl methyl sites for hydroxylation is 1. The number of nitriles is 1. The van der Waals surface area contributed by atoms with E-state index in [9.17, 15) is 4.79 Å². The average molecular weight is 436 g/mol. The van der Waals surface area contributed by atoms with Crippen molar-refractivity contribution in [2.45, 2.75) is 32.4 Å². The Bertz CT molecular complexity index is 1140. The van der Waals surface area contributed by atoms with Gasteiger partial charge in [0.15, 0.2) is 0 Å². The number of carbonyl (C=O) groups excluding carboxylic acids is 1. The normalized spacial score (nSPS) is 14.8. The molecule has 0 bridgehead atoms. The molecule has 0 N–H and O–H groups in total. The molecule has 0 saturated carbocycles. The first-order chi connectivity index (χ1) is 16.1. The van der Waals surface area contributed by atoms with Crippen molar-refractivity contribution in [3.05, 3.63) is 107 Å². The first-order valence-corrected chi connectivity index (χ1v) is 11.5. The van der Waals surface area contributed by atoms with Crippen LogP contribution in [0.3, 0.4) is 0 Å². The van der Waals surface area contributed by atoms with Crippen LogP contribution in [0.4, 0.5) is 5.69 Å². The summed E-state index contributed by atoms with van der Waals surface area (Å²) in [7, 11) is 0. The Labute approximate surface area is 196 Å². The standard InChI is InChI=1S/C29H29N3O/c1-23-10-13-27(14-11-23)32(29(33)15-12-24-8-5-9-26(20-24)21-30)28-16-18-31(19-17-28)22-25-6-3-2-4-7-25/h2-15,20,28H,16-19,22H2,1H3/b15-12+. The monoisotopic (exact) mass is 435 g/mol. The summed E-state index contributed by atoms with van der Waals surface area (Å²) in [4.78, 5) is 17.8. The predicted octanol–water partition coefficient (Wildman–Crippen LogP) is 5.58. The highest BCUT2D eigenvalue weighted by atomic mass is 16.2. The van der Waals surface area contributed by atoms with Crippen molar-refractivity contribution in [3.63, 3.8) is 0 Å². The van der Waals surface area contributed by atoms with E-state index in [1.54, 1.807) is 24.3 Å². The van der Waals surface area contributed by atoms with Crippen LogP contribution in [0, 0.1) is 18.3 Å². The highest BCUT2D eigenvalue weighted by molar-refractivity contribution is 6.04. The van der Waals surface area contributed by atoms with Crippen molar-refractivity contribution >= 4 is 17.7 Å². The van der Waals surface area contributed by atoms with Crippen LogP contribution in [0.25, 0.3) is 6.08 Å². The Balaban J connectivity index is 1.49. The largest absolute Gasteiger partial charge is 0.306 e. The summed E-state index contributed by atoms with van der Waals surface area (Å²) >= 11 is 0. The third-order valence-corrected chi connectivity index (χ3v) is 6.15. The van der Waals surface area contributed by atoms with Gasteiger partial charge in [-0.15, -0.1) is 0 Å². The second-order valence-electron chi connectivity index (χ2n) is 8.61. The number of rotatable bonds is 6. The van der Waals surface area contributed by atoms with Crippen molar-refractivity contribution in [3.8, 4) is 6.07 Å². The molecule has 33 heavy (non-hydrogen) atoms. The molecule has 0 aromatic heterocycles. The van der Waals surface area contributed by atoms with E-state index >= 15 is 0 Å². The van der Waals surface area contributed by atoms with Gasteiger partial charge in [-0.3, -0.25) is 9.69 Å². The van der Waals surface area contributed by atoms with Crippen LogP contribution in [-0.4, -0.2) is 29.9 Å². The molecule has 4 heteroatoms. The second kappa shape index (κ2) is 10.8. The van der Waals surface area contributed by atoms with Gasteiger partial charge in [0.1, 0.15) is 0 Å². The molecule has 1 aliphatic rings. The molecule has 3 aromatic carbocycles. The third-order valence-electron chi connectivity index (χ3n) is 6.15. The average Bonchev–Trinajstić information content (AvgIpc) is 2.86. The van der Waals surface area contributed by atoms with E-state index in [1.165, 1.54) is 11.1 Å². The highest BCUT2D eigenvalue weighted by Crippen LogP contribution is 2.26. The Morgan fingerprint density at radius 3 is 2.45 bits per heavy atom. The lowest BCUT2D eigenvalue weighted by Crippen LogP contribution is -2.47. The lowest BCUT2D eigenvalue weighted by molar-refractivity contribution is -0.114. The lowest BCUT2D eigenvalue weighted by atomic mass is 10.0. The highest BCUT2D eigenvalue weighted by Gasteiger charge is 2.28. The van der Waals surface area contributed by atoms with Crippen LogP contribution < -0.4 is 4.90 Å². The molecule has 1 aliphatic heterocycles. The van der Waals surface area contributed by atoms with Gasteiger partial charge in [0.05, 0.1) is 11.6 Å². The molecule has 0 radical (unpaired) electrons. The minimum absolute atomic E-state index is 0.0253. The van der Waals surface area contributed by atoms with E-state index in [2.05, 4.69) is 54.3 Å². The zero-order valence-corrected chi connectivity index (χ0v) is 19.0. The number of anilines is 1. The first kappa shape index (κ1) is 22.5. The summed E-state index contributed by atoms with van der Waals surface area (Å²) in [5, 5.41) is 9.13. The van der Waals surface area contributed by atoms with E-state index in [4.69, 9.17) is 5.26 Å². The number of carbonyl (C=O) groups is 1. The van der Waals surface area contributed by atoms with Crippen LogP contribution in [0.5, 0.6) is 0 Å². The van der Waals surface area contributed by atoms with Gasteiger partial charge in [-0.05, 0) is 61.2 Å². The van der Waals surface area contributed by atoms with Gasteiger partial charge >= 0.3 is 0 Å². The van der Waals surface area contributed by atoms with Gasteiger partial charge in [-0.1, -0.05) is 60.2 Å². The number of hydrogen-bond donors (Lipinski definition) is 0. The molecule has 1 saturated heterocycles. The van der Waals surface area contributed by atoms with E-state index in [1.807, 2.05) is 35.2 Å². The van der Waals surface area contributed by atoms with E-state index in [-0.39, 0.29) is 11.9 Å². The van der Waals surface area contributed by atoms with Gasteiger partial charge in [0.2, 0.25) is 0 Å². The molecule has 0 aliphatic carbocycles. The van der Waals surface area contributed by atoms with Crippen LogP contribution in [0.15, 0.2) is 84.9 Å². The van der Waals surface area contributed by atoms with Crippen molar-refractivity contribution < 1.29 is 4.79 Å². The molecule has 0 spiro atoms. The molecule has 0 unspecified atom stereocenters. The molecule has 1 heterocycles. The SMILES string of the molecule is Cc1ccc(N(C(=O)/C=C/c2cccc(C#N)c2)C2CCN(Cc3ccccc3)CC2)cc1. The fourth-order valence-electron chi connectivity index (χ4n) is 4.36. The molecule has 3 aromatic rings. The minimum Gasteiger partial charge on any atom is -0.306 e. The maximum absolute atomic E-state index is 13.4. The van der Waals surface area contributed by atoms with Crippen molar-refractivity contribution in [2.75, 3.05) is 18.0 Å². The fraction of sp³-hybridized carbons (Fsp3) is 0.241. The Morgan fingerprint density at radius 1 is 1.03 bits per heavy atom. The van der Waals surface area contributed by atoms with E-state index in [0.29, 0.717) is 5.56 Å². The summed E-state index contributed by atoms with van der Waals surface area (Å²) in [5.74, 6) is -0.0253. The zero-order valence-electron chi connectivity index (χ0n) is 19.0. The van der Waals surface area contributed by atoms with Crippen molar-refractivity contribution in [2.24, 2.45) is 0 Å². The number of piperidine rings is 1. The quantitative estimate of drug-likeness (QED) is 0.475. The van der Waals surface area contributed by atoms with Crippen LogP contribution in [0.1, 0.15) is 35.1 Å². The van der Waals surface area contributed by atoms with Crippen LogP contribution >= 0.6 is 0 Å². The zero-order chi connectivity index (χ0) is 23.0. The lowest BCUT2D eigenvalue weighted by Gasteiger charge is -2.38. The van der Waals surface area contributed by atoms with Gasteiger partial charge in [0.25, 0.3) is 5.91 Å². The molecule has 4 rings (SSSR count). The minimum atomic E-state index is -0.0253. The molecule has 166 valence electrons. The molecule has 1 fully saturated rings. The summed E-state index contributed by atoms with van der Waals surface area (Å²) in [6.45, 7) is 4.92. The maximum atomic E-state index is 13.4. The van der Waals surface area contributed by atoms with E-state index < -0.39 is 0 Å².